The molecule has 0 amide bonds. The zero-order valence-electron chi connectivity index (χ0n) is 16.0. The molecule has 9 nitrogen and oxygen atoms in total. The molecule has 3 N–H and O–H groups in total. The van der Waals surface area contributed by atoms with Crippen molar-refractivity contribution in [1.82, 2.24) is 14.6 Å². The Morgan fingerprint density at radius 2 is 2.00 bits per heavy atom. The van der Waals surface area contributed by atoms with Crippen LogP contribution < -0.4 is 16.3 Å². The van der Waals surface area contributed by atoms with E-state index in [1.807, 2.05) is 20.8 Å². The van der Waals surface area contributed by atoms with Crippen molar-refractivity contribution in [2.75, 3.05) is 20.3 Å². The molecule has 1 rings (SSSR count). The number of nitrogens with zero attached hydrogens (tertiary/aromatic N) is 1. The van der Waals surface area contributed by atoms with Gasteiger partial charge in [0.25, 0.3) is 14.1 Å². The van der Waals surface area contributed by atoms with Crippen LogP contribution in [-0.2, 0) is 14.0 Å². The highest BCUT2D eigenvalue weighted by atomic mass is 31.2. The van der Waals surface area contributed by atoms with Gasteiger partial charge in [0.2, 0.25) is 0 Å². The number of aromatic amines is 1. The van der Waals surface area contributed by atoms with Crippen molar-refractivity contribution < 1.29 is 18.9 Å². The molecule has 0 aromatic carbocycles. The van der Waals surface area contributed by atoms with Crippen molar-refractivity contribution in [3.8, 4) is 0 Å². The Morgan fingerprint density at radius 3 is 2.54 bits per heavy atom. The lowest BCUT2D eigenvalue weighted by Crippen LogP contribution is -2.36. The summed E-state index contributed by atoms with van der Waals surface area (Å²) in [6, 6.07) is 1.24. The fourth-order valence-electron chi connectivity index (χ4n) is 2.20. The number of hydrogen-bond donors (Lipinski definition) is 3. The Balaban J connectivity index is 2.56. The summed E-state index contributed by atoms with van der Waals surface area (Å²) in [5.41, 5.74) is -0.993. The van der Waals surface area contributed by atoms with E-state index in [0.29, 0.717) is 13.0 Å². The van der Waals surface area contributed by atoms with Crippen molar-refractivity contribution in [2.45, 2.75) is 52.5 Å². The normalized spacial score (nSPS) is 16.4. The topological polar surface area (TPSA) is 115 Å². The first-order valence-electron chi connectivity index (χ1n) is 8.62. The third kappa shape index (κ3) is 7.65. The summed E-state index contributed by atoms with van der Waals surface area (Å²) in [6.45, 7) is 8.33. The van der Waals surface area contributed by atoms with Crippen molar-refractivity contribution in [2.24, 2.45) is 5.92 Å². The lowest BCUT2D eigenvalue weighted by molar-refractivity contribution is -0.0641. The molecule has 150 valence electrons. The number of aromatic nitrogens is 2. The van der Waals surface area contributed by atoms with Gasteiger partial charge in [0, 0.05) is 25.4 Å². The molecular weight excluding hydrogens is 361 g/mol. The van der Waals surface area contributed by atoms with Crippen LogP contribution >= 0.6 is 8.53 Å². The molecule has 0 saturated carbocycles. The van der Waals surface area contributed by atoms with E-state index in [4.69, 9.17) is 14.0 Å². The molecule has 0 aliphatic rings. The summed E-state index contributed by atoms with van der Waals surface area (Å²) in [4.78, 5) is 35.2. The highest BCUT2D eigenvalue weighted by Crippen LogP contribution is 2.29. The average Bonchev–Trinajstić information content (AvgIpc) is 2.57. The Hall–Kier alpha value is -1.09. The monoisotopic (exact) mass is 391 g/mol. The molecule has 0 aliphatic heterocycles. The highest BCUT2D eigenvalue weighted by molar-refractivity contribution is 7.43. The molecule has 4 atom stereocenters. The Labute approximate surface area is 154 Å². The van der Waals surface area contributed by atoms with E-state index < -0.39 is 26.0 Å². The van der Waals surface area contributed by atoms with Gasteiger partial charge in [0.1, 0.15) is 6.23 Å². The quantitative estimate of drug-likeness (QED) is 0.461. The average molecular weight is 391 g/mol. The van der Waals surface area contributed by atoms with Crippen LogP contribution in [0.3, 0.4) is 0 Å². The number of nitrogens with one attached hydrogen (secondary N) is 2. The van der Waals surface area contributed by atoms with E-state index in [-0.39, 0.29) is 24.7 Å². The zero-order valence-corrected chi connectivity index (χ0v) is 16.9. The van der Waals surface area contributed by atoms with Gasteiger partial charge in [-0.1, -0.05) is 20.8 Å². The van der Waals surface area contributed by atoms with E-state index in [1.165, 1.54) is 16.8 Å². The fourth-order valence-corrected chi connectivity index (χ4v) is 3.24. The molecule has 0 saturated heterocycles. The molecule has 0 radical (unpaired) electrons. The summed E-state index contributed by atoms with van der Waals surface area (Å²) >= 11 is 0. The van der Waals surface area contributed by atoms with Crippen LogP contribution in [0.25, 0.3) is 0 Å². The molecule has 10 heteroatoms. The van der Waals surface area contributed by atoms with Gasteiger partial charge in [-0.15, -0.1) is 0 Å². The first kappa shape index (κ1) is 23.0. The maximum atomic E-state index is 11.8. The second-order valence-electron chi connectivity index (χ2n) is 6.29. The molecule has 0 fully saturated rings. The lowest BCUT2D eigenvalue weighted by atomic mass is 10.1. The molecule has 1 aromatic heterocycles. The van der Waals surface area contributed by atoms with Gasteiger partial charge in [-0.05, 0) is 19.3 Å². The van der Waals surface area contributed by atoms with Crippen molar-refractivity contribution in [3.63, 3.8) is 0 Å². The van der Waals surface area contributed by atoms with Crippen LogP contribution in [0.4, 0.5) is 0 Å². The van der Waals surface area contributed by atoms with Gasteiger partial charge in [0.15, 0.2) is 0 Å². The number of hydrogen-bond acceptors (Lipinski definition) is 7. The van der Waals surface area contributed by atoms with E-state index >= 15 is 0 Å². The first-order valence-corrected chi connectivity index (χ1v) is 9.83. The van der Waals surface area contributed by atoms with Crippen LogP contribution in [0.5, 0.6) is 0 Å². The van der Waals surface area contributed by atoms with Crippen molar-refractivity contribution in [1.29, 1.82) is 0 Å². The van der Waals surface area contributed by atoms with Crippen LogP contribution in [0.1, 0.15) is 40.3 Å². The van der Waals surface area contributed by atoms with Crippen molar-refractivity contribution in [3.05, 3.63) is 33.1 Å². The molecule has 4 unspecified atom stereocenters. The third-order valence-electron chi connectivity index (χ3n) is 3.90. The fraction of sp³-hybridized carbons (Fsp3) is 0.750. The van der Waals surface area contributed by atoms with Gasteiger partial charge in [0.05, 0.1) is 19.3 Å². The van der Waals surface area contributed by atoms with Gasteiger partial charge < -0.3 is 18.9 Å². The zero-order chi connectivity index (χ0) is 19.7. The largest absolute Gasteiger partial charge is 0.383 e. The summed E-state index contributed by atoms with van der Waals surface area (Å²) in [5, 5.41) is 3.02. The predicted octanol–water partition coefficient (Wildman–Crippen LogP) is 1.35. The van der Waals surface area contributed by atoms with Gasteiger partial charge >= 0.3 is 5.69 Å². The summed E-state index contributed by atoms with van der Waals surface area (Å²) in [5.74, 6) is 0.279. The molecule has 0 aliphatic carbocycles. The maximum Gasteiger partial charge on any atom is 0.330 e. The second-order valence-corrected chi connectivity index (χ2v) is 7.35. The summed E-state index contributed by atoms with van der Waals surface area (Å²) in [7, 11) is -0.208. The molecule has 1 aromatic rings. The second kappa shape index (κ2) is 11.6. The summed E-state index contributed by atoms with van der Waals surface area (Å²) < 4.78 is 17.7. The lowest BCUT2D eigenvalue weighted by Gasteiger charge is -2.26. The molecule has 0 bridgehead atoms. The number of rotatable bonds is 12. The van der Waals surface area contributed by atoms with E-state index in [9.17, 15) is 14.5 Å². The third-order valence-corrected chi connectivity index (χ3v) is 4.84. The Kier molecular flexibility index (Phi) is 10.2. The van der Waals surface area contributed by atoms with Crippen LogP contribution in [0.15, 0.2) is 21.9 Å². The smallest absolute Gasteiger partial charge is 0.330 e. The first-order chi connectivity index (χ1) is 12.3. The highest BCUT2D eigenvalue weighted by Gasteiger charge is 2.20. The van der Waals surface area contributed by atoms with Crippen LogP contribution in [-0.4, -0.2) is 46.9 Å². The van der Waals surface area contributed by atoms with Gasteiger partial charge in [-0.3, -0.25) is 14.3 Å². The van der Waals surface area contributed by atoms with Crippen LogP contribution in [0, 0.1) is 5.92 Å². The van der Waals surface area contributed by atoms with Gasteiger partial charge in [-0.25, -0.2) is 9.88 Å². The molecule has 0 spiro atoms. The molecule has 26 heavy (non-hydrogen) atoms. The predicted molar refractivity (Wildman–Crippen MR) is 99.9 cm³/mol. The molecular formula is C16H30N3O6P. The van der Waals surface area contributed by atoms with E-state index in [2.05, 4.69) is 10.1 Å². The van der Waals surface area contributed by atoms with Crippen LogP contribution in [0.2, 0.25) is 0 Å². The van der Waals surface area contributed by atoms with E-state index in [0.717, 1.165) is 0 Å². The number of ether oxygens (including phenoxy) is 2. The molecule has 1 heterocycles. The van der Waals surface area contributed by atoms with Crippen molar-refractivity contribution >= 4 is 8.53 Å². The standard InChI is InChI=1S/C16H30N3O6P/c1-6-13(9-24-26(22)18-14(10-23-5)11(2)3)25-12(4)19-8-7-15(20)17-16(19)21/h7-8,11-14,18,22H,6,9-10H2,1-5H3,(H,17,20,21). The van der Waals surface area contributed by atoms with Gasteiger partial charge in [-0.2, -0.15) is 0 Å². The Bertz CT molecular complexity index is 635. The van der Waals surface area contributed by atoms with E-state index in [1.54, 1.807) is 14.0 Å². The number of methoxy groups -OCH3 is 1. The Morgan fingerprint density at radius 1 is 1.31 bits per heavy atom. The minimum atomic E-state index is -1.82. The number of H-pyrrole nitrogens is 1. The SMILES string of the molecule is CCC(COP(O)NC(COC)C(C)C)OC(C)n1ccc(=O)[nH]c1=O. The summed E-state index contributed by atoms with van der Waals surface area (Å²) in [6.07, 6.45) is 1.13. The minimum absolute atomic E-state index is 0.0178. The minimum Gasteiger partial charge on any atom is -0.383 e. The maximum absolute atomic E-state index is 11.8.